The molecule has 0 heterocycles. The normalized spacial score (nSPS) is 9.92. The molecule has 0 saturated carbocycles. The first-order chi connectivity index (χ1) is 12.0. The van der Waals surface area contributed by atoms with Crippen LogP contribution in [0, 0.1) is 0 Å². The number of hydrogen-bond donors (Lipinski definition) is 2. The molecular formula is C18H20N2O5. The summed E-state index contributed by atoms with van der Waals surface area (Å²) < 4.78 is 15.7. The Labute approximate surface area is 145 Å². The van der Waals surface area contributed by atoms with E-state index in [0.29, 0.717) is 34.2 Å². The van der Waals surface area contributed by atoms with E-state index in [1.807, 2.05) is 0 Å². The summed E-state index contributed by atoms with van der Waals surface area (Å²) in [6.45, 7) is 1.43. The van der Waals surface area contributed by atoms with Crippen LogP contribution in [0.4, 0.5) is 11.4 Å². The Hall–Kier alpha value is -3.22. The van der Waals surface area contributed by atoms with E-state index >= 15 is 0 Å². The molecular weight excluding hydrogens is 324 g/mol. The molecule has 0 radical (unpaired) electrons. The zero-order valence-corrected chi connectivity index (χ0v) is 14.5. The molecule has 0 spiro atoms. The van der Waals surface area contributed by atoms with Crippen LogP contribution in [-0.4, -0.2) is 33.1 Å². The number of carbonyl (C=O) groups excluding carboxylic acids is 2. The Bertz CT molecular complexity index is 747. The second-order valence-electron chi connectivity index (χ2n) is 5.13. The standard InChI is InChI=1S/C18H20N2O5/c1-11(21)19-13-5-7-14(8-6-13)20-18(22)12-9-15(23-2)17(25-4)16(10-12)24-3/h5-10H,1-4H3,(H,19,21)(H,20,22). The van der Waals surface area contributed by atoms with E-state index < -0.39 is 0 Å². The van der Waals surface area contributed by atoms with Gasteiger partial charge >= 0.3 is 0 Å². The number of hydrogen-bond acceptors (Lipinski definition) is 5. The van der Waals surface area contributed by atoms with Crippen molar-refractivity contribution in [3.05, 3.63) is 42.0 Å². The Morgan fingerprint density at radius 3 is 1.68 bits per heavy atom. The third-order valence-electron chi connectivity index (χ3n) is 3.39. The summed E-state index contributed by atoms with van der Waals surface area (Å²) >= 11 is 0. The maximum atomic E-state index is 12.5. The van der Waals surface area contributed by atoms with Gasteiger partial charge in [-0.15, -0.1) is 0 Å². The Kier molecular flexibility index (Phi) is 5.84. The molecule has 0 unspecified atom stereocenters. The van der Waals surface area contributed by atoms with Crippen LogP contribution in [0.2, 0.25) is 0 Å². The number of rotatable bonds is 6. The monoisotopic (exact) mass is 344 g/mol. The highest BCUT2D eigenvalue weighted by Gasteiger charge is 2.17. The molecule has 2 N–H and O–H groups in total. The van der Waals surface area contributed by atoms with Gasteiger partial charge in [0.1, 0.15) is 0 Å². The Balaban J connectivity index is 2.21. The first kappa shape index (κ1) is 18.1. The van der Waals surface area contributed by atoms with Crippen LogP contribution in [0.15, 0.2) is 36.4 Å². The molecule has 0 aliphatic carbocycles. The maximum absolute atomic E-state index is 12.5. The Morgan fingerprint density at radius 2 is 1.28 bits per heavy atom. The van der Waals surface area contributed by atoms with E-state index in [-0.39, 0.29) is 11.8 Å². The number of benzene rings is 2. The number of nitrogens with one attached hydrogen (secondary N) is 2. The van der Waals surface area contributed by atoms with Crippen LogP contribution in [0.5, 0.6) is 17.2 Å². The molecule has 2 aromatic rings. The van der Waals surface area contributed by atoms with Gasteiger partial charge in [0.15, 0.2) is 11.5 Å². The van der Waals surface area contributed by atoms with E-state index in [1.165, 1.54) is 28.3 Å². The number of amides is 2. The Morgan fingerprint density at radius 1 is 0.800 bits per heavy atom. The minimum Gasteiger partial charge on any atom is -0.493 e. The van der Waals surface area contributed by atoms with Crippen molar-refractivity contribution >= 4 is 23.2 Å². The van der Waals surface area contributed by atoms with Crippen LogP contribution in [0.25, 0.3) is 0 Å². The predicted molar refractivity (Wildman–Crippen MR) is 94.8 cm³/mol. The van der Waals surface area contributed by atoms with E-state index in [1.54, 1.807) is 36.4 Å². The van der Waals surface area contributed by atoms with Gasteiger partial charge in [-0.05, 0) is 36.4 Å². The lowest BCUT2D eigenvalue weighted by atomic mass is 10.1. The summed E-state index contributed by atoms with van der Waals surface area (Å²) in [7, 11) is 4.47. The van der Waals surface area contributed by atoms with Crippen molar-refractivity contribution in [3.63, 3.8) is 0 Å². The summed E-state index contributed by atoms with van der Waals surface area (Å²) in [5.74, 6) is 0.725. The molecule has 0 aliphatic rings. The third-order valence-corrected chi connectivity index (χ3v) is 3.39. The lowest BCUT2D eigenvalue weighted by Gasteiger charge is -2.14. The van der Waals surface area contributed by atoms with E-state index in [9.17, 15) is 9.59 Å². The highest BCUT2D eigenvalue weighted by molar-refractivity contribution is 6.05. The summed E-state index contributed by atoms with van der Waals surface area (Å²) in [5, 5.41) is 5.44. The highest BCUT2D eigenvalue weighted by Crippen LogP contribution is 2.38. The van der Waals surface area contributed by atoms with Crippen molar-refractivity contribution in [2.24, 2.45) is 0 Å². The van der Waals surface area contributed by atoms with E-state index in [0.717, 1.165) is 0 Å². The molecule has 0 bridgehead atoms. The molecule has 132 valence electrons. The van der Waals surface area contributed by atoms with Crippen molar-refractivity contribution in [1.82, 2.24) is 0 Å². The predicted octanol–water partition coefficient (Wildman–Crippen LogP) is 2.92. The molecule has 2 aromatic carbocycles. The average Bonchev–Trinajstić information content (AvgIpc) is 2.61. The summed E-state index contributed by atoms with van der Waals surface area (Å²) in [5.41, 5.74) is 1.60. The van der Waals surface area contributed by atoms with Crippen LogP contribution in [0.3, 0.4) is 0 Å². The summed E-state index contributed by atoms with van der Waals surface area (Å²) in [6.07, 6.45) is 0. The van der Waals surface area contributed by atoms with Crippen LogP contribution >= 0.6 is 0 Å². The van der Waals surface area contributed by atoms with Crippen molar-refractivity contribution in [3.8, 4) is 17.2 Å². The molecule has 0 saturated heterocycles. The molecule has 0 fully saturated rings. The lowest BCUT2D eigenvalue weighted by Crippen LogP contribution is -2.13. The summed E-state index contributed by atoms with van der Waals surface area (Å²) in [4.78, 5) is 23.5. The van der Waals surface area contributed by atoms with Crippen molar-refractivity contribution in [2.75, 3.05) is 32.0 Å². The highest BCUT2D eigenvalue weighted by atomic mass is 16.5. The number of ether oxygens (including phenoxy) is 3. The molecule has 25 heavy (non-hydrogen) atoms. The SMILES string of the molecule is COc1cc(C(=O)Nc2ccc(NC(C)=O)cc2)cc(OC)c1OC. The lowest BCUT2D eigenvalue weighted by molar-refractivity contribution is -0.114. The number of carbonyl (C=O) groups is 2. The van der Waals surface area contributed by atoms with Gasteiger partial charge in [-0.2, -0.15) is 0 Å². The topological polar surface area (TPSA) is 85.9 Å². The molecule has 0 aliphatic heterocycles. The quantitative estimate of drug-likeness (QED) is 0.841. The third kappa shape index (κ3) is 4.41. The van der Waals surface area contributed by atoms with Gasteiger partial charge < -0.3 is 24.8 Å². The van der Waals surface area contributed by atoms with Crippen molar-refractivity contribution in [1.29, 1.82) is 0 Å². The number of methoxy groups -OCH3 is 3. The minimum absolute atomic E-state index is 0.158. The van der Waals surface area contributed by atoms with Crippen LogP contribution in [-0.2, 0) is 4.79 Å². The average molecular weight is 344 g/mol. The first-order valence-corrected chi connectivity index (χ1v) is 7.47. The van der Waals surface area contributed by atoms with Crippen LogP contribution in [0.1, 0.15) is 17.3 Å². The zero-order valence-electron chi connectivity index (χ0n) is 14.5. The second-order valence-corrected chi connectivity index (χ2v) is 5.13. The fraction of sp³-hybridized carbons (Fsp3) is 0.222. The van der Waals surface area contributed by atoms with Gasteiger partial charge in [-0.3, -0.25) is 9.59 Å². The second kappa shape index (κ2) is 8.05. The van der Waals surface area contributed by atoms with Gasteiger partial charge in [0, 0.05) is 23.9 Å². The van der Waals surface area contributed by atoms with Gasteiger partial charge in [0.05, 0.1) is 21.3 Å². The molecule has 2 amide bonds. The van der Waals surface area contributed by atoms with Gasteiger partial charge in [-0.25, -0.2) is 0 Å². The van der Waals surface area contributed by atoms with E-state index in [4.69, 9.17) is 14.2 Å². The van der Waals surface area contributed by atoms with Gasteiger partial charge in [-0.1, -0.05) is 0 Å². The zero-order chi connectivity index (χ0) is 18.4. The smallest absolute Gasteiger partial charge is 0.255 e. The molecule has 7 nitrogen and oxygen atoms in total. The fourth-order valence-corrected chi connectivity index (χ4v) is 2.26. The largest absolute Gasteiger partial charge is 0.493 e. The summed E-state index contributed by atoms with van der Waals surface area (Å²) in [6, 6.07) is 9.94. The minimum atomic E-state index is -0.327. The molecule has 0 atom stereocenters. The van der Waals surface area contributed by atoms with E-state index in [2.05, 4.69) is 10.6 Å². The molecule has 0 aromatic heterocycles. The van der Waals surface area contributed by atoms with Crippen molar-refractivity contribution in [2.45, 2.75) is 6.92 Å². The maximum Gasteiger partial charge on any atom is 0.255 e. The van der Waals surface area contributed by atoms with Crippen molar-refractivity contribution < 1.29 is 23.8 Å². The first-order valence-electron chi connectivity index (χ1n) is 7.47. The fourth-order valence-electron chi connectivity index (χ4n) is 2.26. The van der Waals surface area contributed by atoms with Crippen LogP contribution < -0.4 is 24.8 Å². The van der Waals surface area contributed by atoms with Gasteiger partial charge in [0.25, 0.3) is 5.91 Å². The molecule has 2 rings (SSSR count). The van der Waals surface area contributed by atoms with Gasteiger partial charge in [0.2, 0.25) is 11.7 Å². The molecule has 7 heteroatoms. The number of anilines is 2.